The maximum atomic E-state index is 14.3. The Bertz CT molecular complexity index is 1480. The summed E-state index contributed by atoms with van der Waals surface area (Å²) < 4.78 is 0. The van der Waals surface area contributed by atoms with Crippen LogP contribution in [0.15, 0.2) is 85.1 Å². The van der Waals surface area contributed by atoms with Crippen molar-refractivity contribution in [1.82, 2.24) is 15.2 Å². The van der Waals surface area contributed by atoms with Gasteiger partial charge < -0.3 is 30.7 Å². The van der Waals surface area contributed by atoms with Crippen molar-refractivity contribution >= 4 is 34.2 Å². The molecular formula is C32H36N6O2. The second-order valence-electron chi connectivity index (χ2n) is 10.8. The number of carbonyl (C=O) groups is 2. The van der Waals surface area contributed by atoms with Gasteiger partial charge in [0.2, 0.25) is 5.91 Å². The summed E-state index contributed by atoms with van der Waals surface area (Å²) in [6.45, 7) is 3.73. The lowest BCUT2D eigenvalue weighted by atomic mass is 9.91. The van der Waals surface area contributed by atoms with E-state index in [0.717, 1.165) is 52.9 Å². The van der Waals surface area contributed by atoms with Crippen molar-refractivity contribution in [2.45, 2.75) is 18.9 Å². The minimum atomic E-state index is -0.719. The number of hydrogen-bond acceptors (Lipinski definition) is 4. The van der Waals surface area contributed by atoms with E-state index in [1.807, 2.05) is 76.7 Å². The molecule has 206 valence electrons. The number of aromatic nitrogens is 1. The van der Waals surface area contributed by atoms with Crippen LogP contribution in [0.2, 0.25) is 0 Å². The number of urea groups is 1. The first-order valence-electron chi connectivity index (χ1n) is 14.1. The van der Waals surface area contributed by atoms with Crippen molar-refractivity contribution in [3.63, 3.8) is 0 Å². The van der Waals surface area contributed by atoms with Crippen molar-refractivity contribution in [2.75, 3.05) is 49.1 Å². The number of nitrogens with one attached hydrogen (secondary N) is 2. The van der Waals surface area contributed by atoms with Gasteiger partial charge in [0.15, 0.2) is 0 Å². The summed E-state index contributed by atoms with van der Waals surface area (Å²) in [6.07, 6.45) is 3.19. The highest BCUT2D eigenvalue weighted by molar-refractivity contribution is 6.00. The summed E-state index contributed by atoms with van der Waals surface area (Å²) in [5, 5.41) is 4.20. The Morgan fingerprint density at radius 1 is 0.925 bits per heavy atom. The highest BCUT2D eigenvalue weighted by Crippen LogP contribution is 2.30. The van der Waals surface area contributed by atoms with Gasteiger partial charge in [-0.3, -0.25) is 4.79 Å². The van der Waals surface area contributed by atoms with E-state index in [1.165, 1.54) is 0 Å². The molecule has 3 aromatic carbocycles. The Hall–Kier alpha value is -4.30. The Kier molecular flexibility index (Phi) is 7.42. The number of amides is 3. The smallest absolute Gasteiger partial charge is 0.318 e. The highest BCUT2D eigenvalue weighted by atomic mass is 16.2. The largest absolute Gasteiger partial charge is 0.368 e. The lowest BCUT2D eigenvalue weighted by molar-refractivity contribution is -0.120. The van der Waals surface area contributed by atoms with Gasteiger partial charge in [0.25, 0.3) is 0 Å². The third kappa shape index (κ3) is 5.27. The van der Waals surface area contributed by atoms with E-state index in [9.17, 15) is 9.59 Å². The molecule has 2 atom stereocenters. The molecule has 0 saturated carbocycles. The average molecular weight is 537 g/mol. The monoisotopic (exact) mass is 536 g/mol. The van der Waals surface area contributed by atoms with Crippen LogP contribution >= 0.6 is 0 Å². The number of nitrogens with two attached hydrogens (primary N) is 1. The maximum Gasteiger partial charge on any atom is 0.318 e. The third-order valence-electron chi connectivity index (χ3n) is 8.21. The van der Waals surface area contributed by atoms with Gasteiger partial charge in [0.05, 0.1) is 0 Å². The number of aromatic amines is 1. The standard InChI is InChI=1S/C32H36N6O2/c33-20-23-18-24-8-4-7-13-30(24)38(22-23)31(39)29(19-25-21-34-28-12-6-5-11-27(25)28)35-32(40)37-16-14-36(15-17-37)26-9-2-1-3-10-26/h1-13,21,23,29,34H,14-20,22,33H2,(H,35,40). The van der Waals surface area contributed by atoms with E-state index in [2.05, 4.69) is 33.4 Å². The summed E-state index contributed by atoms with van der Waals surface area (Å²) in [4.78, 5) is 37.1. The van der Waals surface area contributed by atoms with Gasteiger partial charge in [-0.25, -0.2) is 4.79 Å². The SMILES string of the molecule is NCC1Cc2ccccc2N(C(=O)C(Cc2c[nH]c3ccccc23)NC(=O)N2CCN(c3ccccc3)CC2)C1. The summed E-state index contributed by atoms with van der Waals surface area (Å²) >= 11 is 0. The van der Waals surface area contributed by atoms with Crippen LogP contribution in [0.1, 0.15) is 11.1 Å². The van der Waals surface area contributed by atoms with Crippen LogP contribution in [0.4, 0.5) is 16.2 Å². The van der Waals surface area contributed by atoms with E-state index < -0.39 is 6.04 Å². The van der Waals surface area contributed by atoms with Crippen molar-refractivity contribution in [1.29, 1.82) is 0 Å². The van der Waals surface area contributed by atoms with Gasteiger partial charge in [-0.05, 0) is 54.3 Å². The van der Waals surface area contributed by atoms with Crippen molar-refractivity contribution in [3.8, 4) is 0 Å². The Morgan fingerprint density at radius 3 is 2.45 bits per heavy atom. The second kappa shape index (κ2) is 11.4. The van der Waals surface area contributed by atoms with Gasteiger partial charge in [-0.15, -0.1) is 0 Å². The quantitative estimate of drug-likeness (QED) is 0.349. The van der Waals surface area contributed by atoms with E-state index >= 15 is 0 Å². The molecular weight excluding hydrogens is 500 g/mol. The Morgan fingerprint density at radius 2 is 1.65 bits per heavy atom. The number of carbonyl (C=O) groups excluding carboxylic acids is 2. The summed E-state index contributed by atoms with van der Waals surface area (Å²) in [7, 11) is 0. The van der Waals surface area contributed by atoms with E-state index in [0.29, 0.717) is 32.6 Å². The normalized spacial score (nSPS) is 17.9. The second-order valence-corrected chi connectivity index (χ2v) is 10.8. The molecule has 2 aliphatic rings. The third-order valence-corrected chi connectivity index (χ3v) is 8.21. The summed E-state index contributed by atoms with van der Waals surface area (Å²) in [5.41, 5.74) is 11.3. The van der Waals surface area contributed by atoms with E-state index in [4.69, 9.17) is 5.73 Å². The fourth-order valence-corrected chi connectivity index (χ4v) is 6.00. The number of piperazine rings is 1. The Labute approximate surface area is 234 Å². The molecule has 0 radical (unpaired) electrons. The van der Waals surface area contributed by atoms with Gasteiger partial charge >= 0.3 is 6.03 Å². The highest BCUT2D eigenvalue weighted by Gasteiger charge is 2.34. The maximum absolute atomic E-state index is 14.3. The molecule has 6 rings (SSSR count). The molecule has 1 saturated heterocycles. The molecule has 8 nitrogen and oxygen atoms in total. The fourth-order valence-electron chi connectivity index (χ4n) is 6.00. The lowest BCUT2D eigenvalue weighted by Crippen LogP contribution is -2.58. The van der Waals surface area contributed by atoms with E-state index in [-0.39, 0.29) is 17.9 Å². The molecule has 1 fully saturated rings. The zero-order valence-corrected chi connectivity index (χ0v) is 22.6. The molecule has 3 amide bonds. The van der Waals surface area contributed by atoms with Crippen molar-refractivity contribution in [3.05, 3.63) is 96.2 Å². The molecule has 8 heteroatoms. The number of nitrogens with zero attached hydrogens (tertiary/aromatic N) is 3. The van der Waals surface area contributed by atoms with Crippen LogP contribution in [0.3, 0.4) is 0 Å². The minimum Gasteiger partial charge on any atom is -0.368 e. The van der Waals surface area contributed by atoms with Crippen molar-refractivity contribution in [2.24, 2.45) is 11.7 Å². The minimum absolute atomic E-state index is 0.104. The van der Waals surface area contributed by atoms with Crippen LogP contribution in [0.5, 0.6) is 0 Å². The lowest BCUT2D eigenvalue weighted by Gasteiger charge is -2.38. The number of para-hydroxylation sites is 3. The number of hydrogen-bond donors (Lipinski definition) is 3. The molecule has 0 aliphatic carbocycles. The van der Waals surface area contributed by atoms with Crippen LogP contribution in [0.25, 0.3) is 10.9 Å². The van der Waals surface area contributed by atoms with Crippen LogP contribution < -0.4 is 20.9 Å². The number of H-pyrrole nitrogens is 1. The molecule has 4 aromatic rings. The summed E-state index contributed by atoms with van der Waals surface area (Å²) in [5.74, 6) is 0.0708. The van der Waals surface area contributed by atoms with Gasteiger partial charge in [0, 0.05) is 67.6 Å². The number of rotatable bonds is 6. The van der Waals surface area contributed by atoms with Crippen LogP contribution in [-0.4, -0.2) is 67.1 Å². The fraction of sp³-hybridized carbons (Fsp3) is 0.312. The first-order chi connectivity index (χ1) is 19.6. The van der Waals surface area contributed by atoms with Gasteiger partial charge in [0.1, 0.15) is 6.04 Å². The number of anilines is 2. The van der Waals surface area contributed by atoms with Crippen molar-refractivity contribution < 1.29 is 9.59 Å². The number of fused-ring (bicyclic) bond motifs is 2. The van der Waals surface area contributed by atoms with E-state index in [1.54, 1.807) is 0 Å². The molecule has 2 aliphatic heterocycles. The van der Waals surface area contributed by atoms with Gasteiger partial charge in [-0.1, -0.05) is 54.6 Å². The molecule has 40 heavy (non-hydrogen) atoms. The zero-order valence-electron chi connectivity index (χ0n) is 22.6. The molecule has 0 spiro atoms. The molecule has 2 unspecified atom stereocenters. The predicted molar refractivity (Wildman–Crippen MR) is 160 cm³/mol. The first-order valence-corrected chi connectivity index (χ1v) is 14.1. The first kappa shape index (κ1) is 26.0. The molecule has 4 N–H and O–H groups in total. The molecule has 1 aromatic heterocycles. The van der Waals surface area contributed by atoms with Crippen LogP contribution in [0, 0.1) is 5.92 Å². The van der Waals surface area contributed by atoms with Gasteiger partial charge in [-0.2, -0.15) is 0 Å². The number of benzene rings is 3. The predicted octanol–water partition coefficient (Wildman–Crippen LogP) is 3.78. The molecule has 0 bridgehead atoms. The van der Waals surface area contributed by atoms with Crippen LogP contribution in [-0.2, 0) is 17.6 Å². The average Bonchev–Trinajstić information content (AvgIpc) is 3.43. The molecule has 3 heterocycles. The topological polar surface area (TPSA) is 97.7 Å². The zero-order chi connectivity index (χ0) is 27.5. The summed E-state index contributed by atoms with van der Waals surface area (Å²) in [6, 6.07) is 25.4. The Balaban J connectivity index is 1.24.